The van der Waals surface area contributed by atoms with Crippen molar-refractivity contribution in [2.75, 3.05) is 6.54 Å². The molecule has 0 aliphatic heterocycles. The first-order chi connectivity index (χ1) is 15.8. The van der Waals surface area contributed by atoms with E-state index in [4.69, 9.17) is 27.6 Å². The third-order valence-electron chi connectivity index (χ3n) is 4.91. The van der Waals surface area contributed by atoms with Crippen LogP contribution >= 0.6 is 23.2 Å². The molecule has 0 saturated carbocycles. The van der Waals surface area contributed by atoms with Crippen molar-refractivity contribution in [2.45, 2.75) is 13.3 Å². The fourth-order valence-corrected chi connectivity index (χ4v) is 3.80. The minimum atomic E-state index is -0.501. The Kier molecular flexibility index (Phi) is 6.48. The lowest BCUT2D eigenvalue weighted by molar-refractivity contribution is -0.384. The summed E-state index contributed by atoms with van der Waals surface area (Å²) in [5.74, 6) is 0.785. The van der Waals surface area contributed by atoms with Gasteiger partial charge in [0.2, 0.25) is 0 Å². The number of carbonyl (C=O) groups excluding carboxylic acids is 1. The molecule has 0 aliphatic carbocycles. The largest absolute Gasteiger partial charge is 0.460 e. The molecule has 10 heteroatoms. The molecule has 0 bridgehead atoms. The maximum absolute atomic E-state index is 13.0. The Bertz CT molecular complexity index is 1350. The number of non-ortho nitro benzene ring substituents is 1. The quantitative estimate of drug-likeness (QED) is 0.270. The normalized spacial score (nSPS) is 10.9. The maximum Gasteiger partial charge on any atom is 0.271 e. The van der Waals surface area contributed by atoms with E-state index < -0.39 is 10.8 Å². The molecular weight excluding hydrogens is 467 g/mol. The molecule has 8 nitrogen and oxygen atoms in total. The van der Waals surface area contributed by atoms with Gasteiger partial charge in [-0.15, -0.1) is 0 Å². The molecule has 1 amide bonds. The summed E-state index contributed by atoms with van der Waals surface area (Å²) < 4.78 is 7.00. The van der Waals surface area contributed by atoms with E-state index in [1.165, 1.54) is 22.9 Å². The summed E-state index contributed by atoms with van der Waals surface area (Å²) in [6, 6.07) is 16.2. The van der Waals surface area contributed by atoms with Gasteiger partial charge in [-0.25, -0.2) is 4.68 Å². The minimum absolute atomic E-state index is 0.109. The van der Waals surface area contributed by atoms with Crippen LogP contribution in [0, 0.1) is 17.0 Å². The van der Waals surface area contributed by atoms with E-state index in [0.717, 1.165) is 5.56 Å². The Morgan fingerprint density at radius 1 is 1.15 bits per heavy atom. The second-order valence-electron chi connectivity index (χ2n) is 7.26. The van der Waals surface area contributed by atoms with Gasteiger partial charge in [-0.3, -0.25) is 14.9 Å². The maximum atomic E-state index is 13.0. The molecule has 33 heavy (non-hydrogen) atoms. The number of aromatic nitrogens is 2. The molecule has 1 N–H and O–H groups in total. The first-order valence-corrected chi connectivity index (χ1v) is 10.7. The number of nitrogens with one attached hydrogen (secondary N) is 1. The average molecular weight is 485 g/mol. The van der Waals surface area contributed by atoms with Crippen molar-refractivity contribution in [2.24, 2.45) is 0 Å². The van der Waals surface area contributed by atoms with Crippen LogP contribution in [0.1, 0.15) is 21.8 Å². The Morgan fingerprint density at radius 2 is 1.97 bits per heavy atom. The fourth-order valence-electron chi connectivity index (χ4n) is 3.30. The highest BCUT2D eigenvalue weighted by Gasteiger charge is 2.20. The SMILES string of the molecule is Cc1ccc(-c2cc(C(=O)NCCc3ccc(Cl)cc3Cl)n(-c3cccc([N+](=O)[O-])c3)n2)o1. The first kappa shape index (κ1) is 22.6. The summed E-state index contributed by atoms with van der Waals surface area (Å²) in [6.07, 6.45) is 0.497. The number of nitro groups is 1. The Morgan fingerprint density at radius 3 is 2.67 bits per heavy atom. The number of benzene rings is 2. The minimum Gasteiger partial charge on any atom is -0.460 e. The van der Waals surface area contributed by atoms with Crippen molar-refractivity contribution in [3.63, 3.8) is 0 Å². The van der Waals surface area contributed by atoms with Gasteiger partial charge < -0.3 is 9.73 Å². The molecule has 2 aromatic heterocycles. The van der Waals surface area contributed by atoms with E-state index in [1.807, 2.05) is 6.07 Å². The number of aryl methyl sites for hydroxylation is 1. The van der Waals surface area contributed by atoms with Crippen LogP contribution in [0.2, 0.25) is 10.0 Å². The molecule has 0 fully saturated rings. The number of carbonyl (C=O) groups is 1. The van der Waals surface area contributed by atoms with E-state index in [0.29, 0.717) is 45.9 Å². The standard InChI is InChI=1S/C23H18Cl2N4O4/c1-14-5-8-22(33-14)20-13-21(28(27-20)17-3-2-4-18(12-17)29(31)32)23(30)26-10-9-15-6-7-16(24)11-19(15)25/h2-8,11-13H,9-10H2,1H3,(H,26,30). The van der Waals surface area contributed by atoms with Gasteiger partial charge in [-0.1, -0.05) is 35.3 Å². The predicted molar refractivity (Wildman–Crippen MR) is 125 cm³/mol. The predicted octanol–water partition coefficient (Wildman–Crippen LogP) is 5.63. The number of hydrogen-bond donors (Lipinski definition) is 1. The monoisotopic (exact) mass is 484 g/mol. The van der Waals surface area contributed by atoms with Crippen molar-refractivity contribution in [1.82, 2.24) is 15.1 Å². The highest BCUT2D eigenvalue weighted by molar-refractivity contribution is 6.35. The lowest BCUT2D eigenvalue weighted by Gasteiger charge is -2.09. The van der Waals surface area contributed by atoms with Crippen molar-refractivity contribution in [1.29, 1.82) is 0 Å². The molecule has 2 aromatic carbocycles. The molecule has 0 spiro atoms. The number of amides is 1. The van der Waals surface area contributed by atoms with Crippen LogP contribution in [0.3, 0.4) is 0 Å². The smallest absolute Gasteiger partial charge is 0.271 e. The number of halogens is 2. The van der Waals surface area contributed by atoms with Gasteiger partial charge in [-0.05, 0) is 49.2 Å². The summed E-state index contributed by atoms with van der Waals surface area (Å²) >= 11 is 12.1. The average Bonchev–Trinajstić information content (AvgIpc) is 3.42. The zero-order valence-corrected chi connectivity index (χ0v) is 18.9. The third-order valence-corrected chi connectivity index (χ3v) is 5.50. The zero-order valence-electron chi connectivity index (χ0n) is 17.4. The summed E-state index contributed by atoms with van der Waals surface area (Å²) in [7, 11) is 0. The fraction of sp³-hybridized carbons (Fsp3) is 0.130. The van der Waals surface area contributed by atoms with Crippen LogP contribution in [0.15, 0.2) is 65.1 Å². The Labute approximate surface area is 198 Å². The lowest BCUT2D eigenvalue weighted by atomic mass is 10.1. The van der Waals surface area contributed by atoms with Gasteiger partial charge in [0.15, 0.2) is 5.76 Å². The zero-order chi connectivity index (χ0) is 23.5. The summed E-state index contributed by atoms with van der Waals surface area (Å²) in [5, 5.41) is 19.6. The van der Waals surface area contributed by atoms with Crippen molar-refractivity contribution < 1.29 is 14.1 Å². The van der Waals surface area contributed by atoms with Crippen LogP contribution in [0.25, 0.3) is 17.1 Å². The van der Waals surface area contributed by atoms with Gasteiger partial charge in [0.25, 0.3) is 11.6 Å². The van der Waals surface area contributed by atoms with E-state index in [9.17, 15) is 14.9 Å². The van der Waals surface area contributed by atoms with Crippen molar-refractivity contribution in [3.8, 4) is 17.1 Å². The van der Waals surface area contributed by atoms with Gasteiger partial charge in [0.1, 0.15) is 17.1 Å². The lowest BCUT2D eigenvalue weighted by Crippen LogP contribution is -2.28. The van der Waals surface area contributed by atoms with Gasteiger partial charge in [-0.2, -0.15) is 5.10 Å². The molecule has 0 atom stereocenters. The van der Waals surface area contributed by atoms with E-state index in [-0.39, 0.29) is 11.4 Å². The van der Waals surface area contributed by atoms with Gasteiger partial charge in [0.05, 0.1) is 10.6 Å². The molecule has 2 heterocycles. The molecule has 4 rings (SSSR count). The molecule has 168 valence electrons. The molecule has 4 aromatic rings. The number of nitrogens with zero attached hydrogens (tertiary/aromatic N) is 3. The van der Waals surface area contributed by atoms with Crippen LogP contribution in [-0.2, 0) is 6.42 Å². The topological polar surface area (TPSA) is 103 Å². The third kappa shape index (κ3) is 5.08. The molecule has 0 saturated heterocycles. The first-order valence-electron chi connectivity index (χ1n) is 9.95. The van der Waals surface area contributed by atoms with Gasteiger partial charge in [0, 0.05) is 34.8 Å². The highest BCUT2D eigenvalue weighted by atomic mass is 35.5. The Balaban J connectivity index is 1.62. The number of rotatable bonds is 7. The second-order valence-corrected chi connectivity index (χ2v) is 8.10. The highest BCUT2D eigenvalue weighted by Crippen LogP contribution is 2.25. The van der Waals surface area contributed by atoms with Crippen LogP contribution < -0.4 is 5.32 Å². The van der Waals surface area contributed by atoms with E-state index >= 15 is 0 Å². The van der Waals surface area contributed by atoms with Crippen molar-refractivity contribution >= 4 is 34.8 Å². The Hall–Kier alpha value is -3.62. The van der Waals surface area contributed by atoms with E-state index in [1.54, 1.807) is 43.3 Å². The molecule has 0 radical (unpaired) electrons. The van der Waals surface area contributed by atoms with Crippen LogP contribution in [0.4, 0.5) is 5.69 Å². The number of furan rings is 1. The van der Waals surface area contributed by atoms with Gasteiger partial charge >= 0.3 is 0 Å². The van der Waals surface area contributed by atoms with E-state index in [2.05, 4.69) is 10.4 Å². The summed E-state index contributed by atoms with van der Waals surface area (Å²) in [5.41, 5.74) is 1.76. The van der Waals surface area contributed by atoms with Crippen LogP contribution in [0.5, 0.6) is 0 Å². The number of nitro benzene ring substituents is 1. The molecule has 0 aliphatic rings. The van der Waals surface area contributed by atoms with Crippen LogP contribution in [-0.4, -0.2) is 27.2 Å². The summed E-state index contributed by atoms with van der Waals surface area (Å²) in [4.78, 5) is 23.8. The second kappa shape index (κ2) is 9.48. The molecule has 0 unspecified atom stereocenters. The number of hydrogen-bond acceptors (Lipinski definition) is 5. The molecular formula is C23H18Cl2N4O4. The summed E-state index contributed by atoms with van der Waals surface area (Å²) in [6.45, 7) is 2.12. The van der Waals surface area contributed by atoms with Crippen molar-refractivity contribution in [3.05, 3.63) is 97.8 Å².